The summed E-state index contributed by atoms with van der Waals surface area (Å²) in [6.45, 7) is 11.0. The van der Waals surface area contributed by atoms with Crippen molar-refractivity contribution in [1.82, 2.24) is 15.5 Å². The minimum absolute atomic E-state index is 0.0348. The standard InChI is InChI=1S/C28H43N3O4/c1-18-15-16-19(2)23(17-18)24(25(32)30-21-11-8-7-9-12-21)31(22-13-10-14-22)26(33)20(3)29-27(34)35-28(4,5)6/h15-17,20-22,24H,7-14H2,1-6H3,(H,29,34)(H,30,32). The summed E-state index contributed by atoms with van der Waals surface area (Å²) in [5.74, 6) is -0.388. The summed E-state index contributed by atoms with van der Waals surface area (Å²) >= 11 is 0. The third kappa shape index (κ3) is 7.21. The van der Waals surface area contributed by atoms with Crippen LogP contribution in [0.2, 0.25) is 0 Å². The smallest absolute Gasteiger partial charge is 0.408 e. The van der Waals surface area contributed by atoms with Gasteiger partial charge in [0.05, 0.1) is 0 Å². The van der Waals surface area contributed by atoms with Crippen LogP contribution in [0.3, 0.4) is 0 Å². The number of alkyl carbamates (subject to hydrolysis) is 1. The van der Waals surface area contributed by atoms with Gasteiger partial charge in [-0.15, -0.1) is 0 Å². The van der Waals surface area contributed by atoms with Crippen LogP contribution >= 0.6 is 0 Å². The van der Waals surface area contributed by atoms with E-state index in [-0.39, 0.29) is 23.9 Å². The lowest BCUT2D eigenvalue weighted by Gasteiger charge is -2.44. The molecule has 35 heavy (non-hydrogen) atoms. The first kappa shape index (κ1) is 27.0. The maximum Gasteiger partial charge on any atom is 0.408 e. The van der Waals surface area contributed by atoms with Crippen LogP contribution in [0.1, 0.15) is 102 Å². The first-order chi connectivity index (χ1) is 16.5. The van der Waals surface area contributed by atoms with Gasteiger partial charge < -0.3 is 20.3 Å². The molecule has 2 N–H and O–H groups in total. The fourth-order valence-electron chi connectivity index (χ4n) is 4.95. The van der Waals surface area contributed by atoms with Crippen molar-refractivity contribution in [2.75, 3.05) is 0 Å². The van der Waals surface area contributed by atoms with Crippen molar-refractivity contribution in [3.8, 4) is 0 Å². The van der Waals surface area contributed by atoms with E-state index in [9.17, 15) is 14.4 Å². The first-order valence-electron chi connectivity index (χ1n) is 13.2. The molecular formula is C28H43N3O4. The van der Waals surface area contributed by atoms with Gasteiger partial charge in [0.25, 0.3) is 0 Å². The van der Waals surface area contributed by atoms with Crippen LogP contribution in [-0.2, 0) is 14.3 Å². The third-order valence-corrected chi connectivity index (χ3v) is 7.03. The highest BCUT2D eigenvalue weighted by atomic mass is 16.6. The number of hydrogen-bond acceptors (Lipinski definition) is 4. The molecule has 0 spiro atoms. The van der Waals surface area contributed by atoms with Crippen LogP contribution in [0, 0.1) is 13.8 Å². The van der Waals surface area contributed by atoms with E-state index < -0.39 is 23.8 Å². The zero-order chi connectivity index (χ0) is 25.8. The normalized spacial score (nSPS) is 18.7. The minimum atomic E-state index is -0.819. The number of aryl methyl sites for hydroxylation is 2. The molecule has 2 atom stereocenters. The van der Waals surface area contributed by atoms with E-state index in [0.717, 1.165) is 61.6 Å². The molecule has 0 aromatic heterocycles. The Morgan fingerprint density at radius 2 is 1.66 bits per heavy atom. The number of nitrogens with zero attached hydrogens (tertiary/aromatic N) is 1. The van der Waals surface area contributed by atoms with Crippen molar-refractivity contribution < 1.29 is 19.1 Å². The lowest BCUT2D eigenvalue weighted by Crippen LogP contribution is -2.57. The molecule has 0 bridgehead atoms. The molecule has 2 unspecified atom stereocenters. The third-order valence-electron chi connectivity index (χ3n) is 7.03. The Balaban J connectivity index is 1.92. The molecule has 3 amide bonds. The molecule has 1 aromatic carbocycles. The van der Waals surface area contributed by atoms with E-state index in [0.29, 0.717) is 0 Å². The summed E-state index contributed by atoms with van der Waals surface area (Å²) in [4.78, 5) is 41.9. The molecule has 0 radical (unpaired) electrons. The summed E-state index contributed by atoms with van der Waals surface area (Å²) in [5.41, 5.74) is 2.20. The van der Waals surface area contributed by atoms with E-state index in [1.165, 1.54) is 6.42 Å². The van der Waals surface area contributed by atoms with Crippen LogP contribution in [0.15, 0.2) is 18.2 Å². The molecule has 2 aliphatic rings. The first-order valence-corrected chi connectivity index (χ1v) is 13.2. The Labute approximate surface area is 210 Å². The highest BCUT2D eigenvalue weighted by Crippen LogP contribution is 2.35. The monoisotopic (exact) mass is 485 g/mol. The lowest BCUT2D eigenvalue weighted by atomic mass is 9.86. The molecule has 2 fully saturated rings. The molecule has 0 aliphatic heterocycles. The number of amides is 3. The summed E-state index contributed by atoms with van der Waals surface area (Å²) < 4.78 is 5.37. The predicted molar refractivity (Wildman–Crippen MR) is 137 cm³/mol. The number of carbonyl (C=O) groups is 3. The molecule has 7 nitrogen and oxygen atoms in total. The molecule has 194 valence electrons. The molecule has 7 heteroatoms. The average molecular weight is 486 g/mol. The van der Waals surface area contributed by atoms with Gasteiger partial charge in [-0.3, -0.25) is 9.59 Å². The van der Waals surface area contributed by atoms with Crippen molar-refractivity contribution in [2.45, 2.75) is 123 Å². The number of hydrogen-bond donors (Lipinski definition) is 2. The van der Waals surface area contributed by atoms with Gasteiger partial charge in [-0.1, -0.05) is 43.0 Å². The van der Waals surface area contributed by atoms with Crippen LogP contribution in [0.25, 0.3) is 0 Å². The second-order valence-corrected chi connectivity index (χ2v) is 11.3. The van der Waals surface area contributed by atoms with E-state index in [1.807, 2.05) is 32.0 Å². The van der Waals surface area contributed by atoms with Crippen molar-refractivity contribution in [2.24, 2.45) is 0 Å². The highest BCUT2D eigenvalue weighted by molar-refractivity contribution is 5.92. The maximum atomic E-state index is 13.9. The second kappa shape index (κ2) is 11.4. The van der Waals surface area contributed by atoms with Crippen LogP contribution in [-0.4, -0.2) is 46.5 Å². The van der Waals surface area contributed by atoms with Gasteiger partial charge in [0.2, 0.25) is 11.8 Å². The van der Waals surface area contributed by atoms with E-state index in [1.54, 1.807) is 32.6 Å². The fourth-order valence-corrected chi connectivity index (χ4v) is 4.95. The van der Waals surface area contributed by atoms with Gasteiger partial charge in [-0.05, 0) is 84.8 Å². The minimum Gasteiger partial charge on any atom is -0.444 e. The van der Waals surface area contributed by atoms with Crippen LogP contribution < -0.4 is 10.6 Å². The van der Waals surface area contributed by atoms with Gasteiger partial charge in [-0.25, -0.2) is 4.79 Å². The van der Waals surface area contributed by atoms with E-state index in [2.05, 4.69) is 10.6 Å². The van der Waals surface area contributed by atoms with Crippen molar-refractivity contribution in [1.29, 1.82) is 0 Å². The zero-order valence-electron chi connectivity index (χ0n) is 22.3. The number of rotatable bonds is 7. The topological polar surface area (TPSA) is 87.7 Å². The molecular weight excluding hydrogens is 442 g/mol. The summed E-state index contributed by atoms with van der Waals surface area (Å²) in [5, 5.41) is 5.96. The number of benzene rings is 1. The molecule has 3 rings (SSSR count). The van der Waals surface area contributed by atoms with Gasteiger partial charge in [0.15, 0.2) is 0 Å². The molecule has 2 aliphatic carbocycles. The molecule has 2 saturated carbocycles. The predicted octanol–water partition coefficient (Wildman–Crippen LogP) is 5.09. The second-order valence-electron chi connectivity index (χ2n) is 11.3. The van der Waals surface area contributed by atoms with Crippen molar-refractivity contribution >= 4 is 17.9 Å². The molecule has 1 aromatic rings. The van der Waals surface area contributed by atoms with Gasteiger partial charge in [-0.2, -0.15) is 0 Å². The van der Waals surface area contributed by atoms with Crippen LogP contribution in [0.5, 0.6) is 0 Å². The molecule has 0 heterocycles. The number of nitrogens with one attached hydrogen (secondary N) is 2. The highest BCUT2D eigenvalue weighted by Gasteiger charge is 2.42. The van der Waals surface area contributed by atoms with Crippen LogP contribution in [0.4, 0.5) is 4.79 Å². The summed E-state index contributed by atoms with van der Waals surface area (Å²) in [6, 6.07) is 4.60. The quantitative estimate of drug-likeness (QED) is 0.563. The Morgan fingerprint density at radius 3 is 2.23 bits per heavy atom. The Bertz CT molecular complexity index is 913. The average Bonchev–Trinajstić information content (AvgIpc) is 2.73. The zero-order valence-corrected chi connectivity index (χ0v) is 22.3. The van der Waals surface area contributed by atoms with Gasteiger partial charge in [0.1, 0.15) is 17.7 Å². The Kier molecular flexibility index (Phi) is 8.84. The SMILES string of the molecule is Cc1ccc(C)c(C(C(=O)NC2CCCCC2)N(C(=O)C(C)NC(=O)OC(C)(C)C)C2CCC2)c1. The Morgan fingerprint density at radius 1 is 1.00 bits per heavy atom. The fraction of sp³-hybridized carbons (Fsp3) is 0.679. The van der Waals surface area contributed by atoms with Gasteiger partial charge in [0, 0.05) is 12.1 Å². The van der Waals surface area contributed by atoms with E-state index >= 15 is 0 Å². The number of carbonyl (C=O) groups excluding carboxylic acids is 3. The van der Waals surface area contributed by atoms with Crippen molar-refractivity contribution in [3.63, 3.8) is 0 Å². The van der Waals surface area contributed by atoms with E-state index in [4.69, 9.17) is 4.74 Å². The summed E-state index contributed by atoms with van der Waals surface area (Å²) in [7, 11) is 0. The number of ether oxygens (including phenoxy) is 1. The lowest BCUT2D eigenvalue weighted by molar-refractivity contribution is -0.147. The molecule has 0 saturated heterocycles. The summed E-state index contributed by atoms with van der Waals surface area (Å²) in [6.07, 6.45) is 7.45. The maximum absolute atomic E-state index is 13.9. The Hall–Kier alpha value is -2.57. The van der Waals surface area contributed by atoms with Gasteiger partial charge >= 0.3 is 6.09 Å². The van der Waals surface area contributed by atoms with Crippen molar-refractivity contribution in [3.05, 3.63) is 34.9 Å². The largest absolute Gasteiger partial charge is 0.444 e.